The van der Waals surface area contributed by atoms with E-state index in [1.807, 2.05) is 30.3 Å². The van der Waals surface area contributed by atoms with E-state index in [0.717, 1.165) is 12.0 Å². The number of benzene rings is 1. The van der Waals surface area contributed by atoms with Gasteiger partial charge in [0, 0.05) is 0 Å². The monoisotopic (exact) mass is 272 g/mol. The fraction of sp³-hybridized carbons (Fsp3) is 0.529. The molecule has 1 saturated heterocycles. The lowest BCUT2D eigenvalue weighted by Gasteiger charge is -2.38. The van der Waals surface area contributed by atoms with Crippen LogP contribution in [0, 0.1) is 5.92 Å². The summed E-state index contributed by atoms with van der Waals surface area (Å²) < 4.78 is 5.73. The smallest absolute Gasteiger partial charge is 0.314 e. The van der Waals surface area contributed by atoms with Crippen LogP contribution < -0.4 is 0 Å². The molecule has 0 aromatic heterocycles. The van der Waals surface area contributed by atoms with Crippen molar-refractivity contribution in [1.82, 2.24) is 0 Å². The summed E-state index contributed by atoms with van der Waals surface area (Å²) >= 11 is 0. The molecule has 0 radical (unpaired) electrons. The molecular weight excluding hydrogens is 252 g/mol. The zero-order valence-electron chi connectivity index (χ0n) is 11.6. The summed E-state index contributed by atoms with van der Waals surface area (Å²) in [6, 6.07) is 9.78. The average Bonchev–Trinajstić information content (AvgIpc) is 2.91. The van der Waals surface area contributed by atoms with Crippen LogP contribution in [0.3, 0.4) is 0 Å². The maximum Gasteiger partial charge on any atom is 0.314 e. The third kappa shape index (κ3) is 2.62. The van der Waals surface area contributed by atoms with Crippen LogP contribution in [-0.2, 0) is 19.9 Å². The Morgan fingerprint density at radius 3 is 2.45 bits per heavy atom. The maximum absolute atomic E-state index is 11.9. The van der Waals surface area contributed by atoms with E-state index in [1.54, 1.807) is 0 Å². The Balaban J connectivity index is 1.93. The highest BCUT2D eigenvalue weighted by Crippen LogP contribution is 2.43. The van der Waals surface area contributed by atoms with E-state index in [0.29, 0.717) is 12.3 Å². The number of carbonyl (C=O) groups is 2. The number of hydrogen-bond donors (Lipinski definition) is 0. The number of hydrogen-bond acceptors (Lipinski definition) is 3. The zero-order chi connectivity index (χ0) is 14.0. The van der Waals surface area contributed by atoms with Gasteiger partial charge in [-0.3, -0.25) is 9.59 Å². The fourth-order valence-electron chi connectivity index (χ4n) is 3.65. The van der Waals surface area contributed by atoms with Gasteiger partial charge in [0.15, 0.2) is 0 Å². The minimum Gasteiger partial charge on any atom is -0.453 e. The van der Waals surface area contributed by atoms with Crippen molar-refractivity contribution in [3.63, 3.8) is 0 Å². The van der Waals surface area contributed by atoms with Gasteiger partial charge in [0.1, 0.15) is 17.8 Å². The molecule has 1 aromatic rings. The molecule has 0 bridgehead atoms. The molecule has 20 heavy (non-hydrogen) atoms. The van der Waals surface area contributed by atoms with Crippen molar-refractivity contribution >= 4 is 11.8 Å². The Kier molecular flexibility index (Phi) is 3.60. The molecule has 1 aromatic carbocycles. The standard InChI is InChI=1S/C17H20O3/c18-15-10-16(19)20-17(12-15,11-13-6-4-5-7-13)14-8-2-1-3-9-14/h1-3,8-9,13H,4-7,10-12H2. The summed E-state index contributed by atoms with van der Waals surface area (Å²) in [6.45, 7) is 0. The summed E-state index contributed by atoms with van der Waals surface area (Å²) in [7, 11) is 0. The molecule has 1 unspecified atom stereocenters. The molecule has 106 valence electrons. The first-order valence-corrected chi connectivity index (χ1v) is 7.47. The average molecular weight is 272 g/mol. The molecule has 2 fully saturated rings. The van der Waals surface area contributed by atoms with Gasteiger partial charge in [-0.15, -0.1) is 0 Å². The number of cyclic esters (lactones) is 1. The van der Waals surface area contributed by atoms with Crippen LogP contribution in [0.25, 0.3) is 0 Å². The molecule has 0 amide bonds. The van der Waals surface area contributed by atoms with E-state index in [9.17, 15) is 9.59 Å². The van der Waals surface area contributed by atoms with Crippen molar-refractivity contribution in [2.75, 3.05) is 0 Å². The molecule has 0 spiro atoms. The van der Waals surface area contributed by atoms with Crippen molar-refractivity contribution in [1.29, 1.82) is 0 Å². The molecule has 1 aliphatic carbocycles. The van der Waals surface area contributed by atoms with Crippen LogP contribution in [0.4, 0.5) is 0 Å². The number of ketones is 1. The first kappa shape index (κ1) is 13.3. The predicted octanol–water partition coefficient (Wildman–Crippen LogP) is 3.37. The highest BCUT2D eigenvalue weighted by molar-refractivity contribution is 5.98. The van der Waals surface area contributed by atoms with Gasteiger partial charge in [-0.2, -0.15) is 0 Å². The molecule has 0 N–H and O–H groups in total. The Morgan fingerprint density at radius 1 is 1.10 bits per heavy atom. The van der Waals surface area contributed by atoms with E-state index in [2.05, 4.69) is 0 Å². The van der Waals surface area contributed by atoms with Gasteiger partial charge in [0.2, 0.25) is 0 Å². The van der Waals surface area contributed by atoms with E-state index in [-0.39, 0.29) is 18.2 Å². The highest BCUT2D eigenvalue weighted by Gasteiger charge is 2.44. The number of Topliss-reactive ketones (excluding diaryl/α,β-unsaturated/α-hetero) is 1. The largest absolute Gasteiger partial charge is 0.453 e. The zero-order valence-corrected chi connectivity index (χ0v) is 11.6. The van der Waals surface area contributed by atoms with Gasteiger partial charge >= 0.3 is 5.97 Å². The second-order valence-corrected chi connectivity index (χ2v) is 6.08. The normalized spacial score (nSPS) is 27.6. The molecule has 3 heteroatoms. The molecule has 1 atom stereocenters. The number of rotatable bonds is 3. The summed E-state index contributed by atoms with van der Waals surface area (Å²) in [6.07, 6.45) is 5.91. The Bertz CT molecular complexity index is 484. The lowest BCUT2D eigenvalue weighted by molar-refractivity contribution is -0.174. The van der Waals surface area contributed by atoms with Gasteiger partial charge in [0.25, 0.3) is 0 Å². The third-order valence-corrected chi connectivity index (χ3v) is 4.53. The van der Waals surface area contributed by atoms with E-state index >= 15 is 0 Å². The summed E-state index contributed by atoms with van der Waals surface area (Å²) in [4.78, 5) is 23.7. The van der Waals surface area contributed by atoms with Crippen molar-refractivity contribution in [3.8, 4) is 0 Å². The van der Waals surface area contributed by atoms with Crippen molar-refractivity contribution in [2.24, 2.45) is 5.92 Å². The number of esters is 1. The van der Waals surface area contributed by atoms with Crippen molar-refractivity contribution < 1.29 is 14.3 Å². The topological polar surface area (TPSA) is 43.4 Å². The van der Waals surface area contributed by atoms with Gasteiger partial charge < -0.3 is 4.74 Å². The first-order valence-electron chi connectivity index (χ1n) is 7.47. The first-order chi connectivity index (χ1) is 9.68. The van der Waals surface area contributed by atoms with Gasteiger partial charge in [-0.05, 0) is 17.9 Å². The Morgan fingerprint density at radius 2 is 1.80 bits per heavy atom. The van der Waals surface area contributed by atoms with Crippen molar-refractivity contribution in [2.45, 2.75) is 50.5 Å². The second-order valence-electron chi connectivity index (χ2n) is 6.08. The van der Waals surface area contributed by atoms with Gasteiger partial charge in [-0.1, -0.05) is 56.0 Å². The van der Waals surface area contributed by atoms with E-state index < -0.39 is 5.60 Å². The fourth-order valence-corrected chi connectivity index (χ4v) is 3.65. The SMILES string of the molecule is O=C1CC(=O)OC(CC2CCCC2)(c2ccccc2)C1. The van der Waals surface area contributed by atoms with E-state index in [1.165, 1.54) is 25.7 Å². The number of carbonyl (C=O) groups excluding carboxylic acids is 2. The molecule has 1 heterocycles. The van der Waals surface area contributed by atoms with Crippen LogP contribution in [0.2, 0.25) is 0 Å². The maximum atomic E-state index is 11.9. The minimum absolute atomic E-state index is 0.00287. The molecule has 3 rings (SSSR count). The van der Waals surface area contributed by atoms with Crippen LogP contribution >= 0.6 is 0 Å². The van der Waals surface area contributed by atoms with Gasteiger partial charge in [0.05, 0.1) is 6.42 Å². The van der Waals surface area contributed by atoms with E-state index in [4.69, 9.17) is 4.74 Å². The van der Waals surface area contributed by atoms with Crippen LogP contribution in [0.1, 0.15) is 50.5 Å². The molecular formula is C17H20O3. The molecule has 1 aliphatic heterocycles. The lowest BCUT2D eigenvalue weighted by atomic mass is 9.78. The minimum atomic E-state index is -0.720. The van der Waals surface area contributed by atoms with Crippen LogP contribution in [0.15, 0.2) is 30.3 Å². The highest BCUT2D eigenvalue weighted by atomic mass is 16.6. The third-order valence-electron chi connectivity index (χ3n) is 4.53. The quantitative estimate of drug-likeness (QED) is 0.626. The predicted molar refractivity (Wildman–Crippen MR) is 75.0 cm³/mol. The van der Waals surface area contributed by atoms with Crippen LogP contribution in [0.5, 0.6) is 0 Å². The molecule has 2 aliphatic rings. The Hall–Kier alpha value is -1.64. The van der Waals surface area contributed by atoms with Crippen molar-refractivity contribution in [3.05, 3.63) is 35.9 Å². The van der Waals surface area contributed by atoms with Crippen LogP contribution in [-0.4, -0.2) is 11.8 Å². The lowest BCUT2D eigenvalue weighted by Crippen LogP contribution is -2.41. The van der Waals surface area contributed by atoms with Gasteiger partial charge in [-0.25, -0.2) is 0 Å². The molecule has 3 nitrogen and oxygen atoms in total. The second kappa shape index (κ2) is 5.39. The Labute approximate surface area is 119 Å². The summed E-state index contributed by atoms with van der Waals surface area (Å²) in [5.41, 5.74) is 0.246. The summed E-state index contributed by atoms with van der Waals surface area (Å²) in [5, 5.41) is 0. The molecule has 1 saturated carbocycles. The summed E-state index contributed by atoms with van der Waals surface area (Å²) in [5.74, 6) is 0.195. The number of ether oxygens (including phenoxy) is 1.